The molecule has 0 saturated heterocycles. The van der Waals surface area contributed by atoms with Crippen molar-refractivity contribution in [3.05, 3.63) is 87.7 Å². The first kappa shape index (κ1) is 20.8. The summed E-state index contributed by atoms with van der Waals surface area (Å²) >= 11 is 7.20. The Labute approximate surface area is 183 Å². The Bertz CT molecular complexity index is 1270. The Balaban J connectivity index is 1.35. The number of carbonyl (C=O) groups excluding carboxylic acids is 2. The van der Waals surface area contributed by atoms with Crippen LogP contribution in [0, 0.1) is 11.6 Å². The van der Waals surface area contributed by atoms with Gasteiger partial charge in [0.15, 0.2) is 5.76 Å². The van der Waals surface area contributed by atoms with Crippen LogP contribution >= 0.6 is 22.9 Å². The molecule has 0 atom stereocenters. The maximum absolute atomic E-state index is 13.4. The number of benzene rings is 2. The third-order valence-corrected chi connectivity index (χ3v) is 5.82. The molecule has 0 saturated carbocycles. The molecule has 158 valence electrons. The summed E-state index contributed by atoms with van der Waals surface area (Å²) in [7, 11) is 0. The number of halogens is 3. The van der Waals surface area contributed by atoms with Crippen LogP contribution in [0.25, 0.3) is 10.1 Å². The molecule has 0 fully saturated rings. The van der Waals surface area contributed by atoms with Crippen molar-refractivity contribution in [2.75, 3.05) is 0 Å². The molecule has 2 aromatic heterocycles. The van der Waals surface area contributed by atoms with Crippen LogP contribution in [0.5, 0.6) is 5.75 Å². The average Bonchev–Trinajstić information content (AvgIpc) is 3.36. The van der Waals surface area contributed by atoms with Crippen molar-refractivity contribution in [3.63, 3.8) is 0 Å². The highest BCUT2D eigenvalue weighted by Gasteiger charge is 2.19. The maximum Gasteiger partial charge on any atom is 0.305 e. The third-order valence-electron chi connectivity index (χ3n) is 4.17. The highest BCUT2D eigenvalue weighted by molar-refractivity contribution is 7.21. The lowest BCUT2D eigenvalue weighted by Gasteiger charge is -2.05. The van der Waals surface area contributed by atoms with Crippen molar-refractivity contribution >= 4 is 44.8 Å². The molecule has 31 heavy (non-hydrogen) atoms. The Morgan fingerprint density at radius 1 is 0.968 bits per heavy atom. The predicted molar refractivity (Wildman–Crippen MR) is 111 cm³/mol. The Morgan fingerprint density at radius 2 is 1.68 bits per heavy atom. The molecule has 0 radical (unpaired) electrons. The second kappa shape index (κ2) is 8.75. The first-order valence-electron chi connectivity index (χ1n) is 8.86. The van der Waals surface area contributed by atoms with E-state index in [9.17, 15) is 18.4 Å². The second-order valence-corrected chi connectivity index (χ2v) is 7.73. The minimum absolute atomic E-state index is 0.0270. The number of hydrogen-bond acceptors (Lipinski definition) is 5. The number of carbonyl (C=O) groups is 2. The van der Waals surface area contributed by atoms with E-state index in [1.165, 1.54) is 54.6 Å². The van der Waals surface area contributed by atoms with Crippen LogP contribution < -0.4 is 15.6 Å². The van der Waals surface area contributed by atoms with Gasteiger partial charge in [-0.1, -0.05) is 11.6 Å². The molecular weight excluding hydrogens is 450 g/mol. The van der Waals surface area contributed by atoms with Gasteiger partial charge in [0, 0.05) is 10.1 Å². The van der Waals surface area contributed by atoms with E-state index in [4.69, 9.17) is 20.8 Å². The van der Waals surface area contributed by atoms with E-state index in [1.54, 1.807) is 0 Å². The molecule has 2 aromatic carbocycles. The molecule has 0 bridgehead atoms. The average molecular weight is 463 g/mol. The summed E-state index contributed by atoms with van der Waals surface area (Å²) in [6.45, 7) is 0.0270. The Kier molecular flexibility index (Phi) is 5.88. The summed E-state index contributed by atoms with van der Waals surface area (Å²) in [4.78, 5) is 24.7. The number of rotatable bonds is 5. The first-order chi connectivity index (χ1) is 14.9. The molecule has 2 amide bonds. The van der Waals surface area contributed by atoms with Crippen molar-refractivity contribution in [2.24, 2.45) is 0 Å². The van der Waals surface area contributed by atoms with Crippen LogP contribution in [-0.4, -0.2) is 11.8 Å². The van der Waals surface area contributed by atoms with Gasteiger partial charge in [-0.3, -0.25) is 20.4 Å². The lowest BCUT2D eigenvalue weighted by molar-refractivity contribution is 0.0830. The van der Waals surface area contributed by atoms with Crippen molar-refractivity contribution < 1.29 is 27.5 Å². The lowest BCUT2D eigenvalue weighted by Crippen LogP contribution is -2.41. The minimum atomic E-state index is -0.690. The number of furan rings is 1. The molecule has 0 unspecified atom stereocenters. The number of fused-ring (bicyclic) bond motifs is 1. The molecule has 10 heteroatoms. The molecule has 6 nitrogen and oxygen atoms in total. The van der Waals surface area contributed by atoms with Gasteiger partial charge in [-0.05, 0) is 54.6 Å². The third kappa shape index (κ3) is 4.68. The molecule has 0 aliphatic carbocycles. The number of hydrogen-bond donors (Lipinski definition) is 2. The van der Waals surface area contributed by atoms with E-state index in [0.717, 1.165) is 11.3 Å². The van der Waals surface area contributed by atoms with E-state index in [0.29, 0.717) is 21.6 Å². The van der Waals surface area contributed by atoms with Crippen LogP contribution in [0.1, 0.15) is 26.0 Å². The zero-order valence-corrected chi connectivity index (χ0v) is 17.2. The summed E-state index contributed by atoms with van der Waals surface area (Å²) in [6, 6.07) is 12.4. The number of thiophene rings is 1. The van der Waals surface area contributed by atoms with Gasteiger partial charge in [-0.15, -0.1) is 11.3 Å². The molecule has 2 N–H and O–H groups in total. The number of nitrogens with one attached hydrogen (secondary N) is 2. The molecule has 0 spiro atoms. The largest absolute Gasteiger partial charge is 0.486 e. The van der Waals surface area contributed by atoms with E-state index in [1.807, 2.05) is 0 Å². The summed E-state index contributed by atoms with van der Waals surface area (Å²) in [5, 5.41) is 0.714. The molecule has 2 heterocycles. The van der Waals surface area contributed by atoms with Crippen molar-refractivity contribution in [1.29, 1.82) is 0 Å². The Hall–Kier alpha value is -3.43. The van der Waals surface area contributed by atoms with E-state index < -0.39 is 17.6 Å². The van der Waals surface area contributed by atoms with Crippen LogP contribution in [-0.2, 0) is 6.61 Å². The Morgan fingerprint density at radius 3 is 2.45 bits per heavy atom. The van der Waals surface area contributed by atoms with Crippen LogP contribution in [0.15, 0.2) is 59.0 Å². The second-order valence-electron chi connectivity index (χ2n) is 6.30. The standard InChI is InChI=1S/C21H13ClF2N2O4S/c22-18-15-7-3-12(24)9-17(15)31-19(18)21(28)26-25-20(27)16-8-6-14(30-16)10-29-13-4-1-11(23)2-5-13/h1-9H,10H2,(H,25,27)(H,26,28). The van der Waals surface area contributed by atoms with E-state index in [2.05, 4.69) is 10.9 Å². The smallest absolute Gasteiger partial charge is 0.305 e. The van der Waals surface area contributed by atoms with Crippen LogP contribution in [0.2, 0.25) is 5.02 Å². The number of ether oxygens (including phenoxy) is 1. The van der Waals surface area contributed by atoms with Gasteiger partial charge in [-0.2, -0.15) is 0 Å². The zero-order valence-electron chi connectivity index (χ0n) is 15.6. The molecule has 4 rings (SSSR count). The monoisotopic (exact) mass is 462 g/mol. The summed E-state index contributed by atoms with van der Waals surface area (Å²) in [5.74, 6) is -1.41. The highest BCUT2D eigenvalue weighted by atomic mass is 35.5. The summed E-state index contributed by atoms with van der Waals surface area (Å²) in [5.41, 5.74) is 4.49. The normalized spacial score (nSPS) is 10.8. The quantitative estimate of drug-likeness (QED) is 0.405. The van der Waals surface area contributed by atoms with Gasteiger partial charge in [-0.25, -0.2) is 8.78 Å². The van der Waals surface area contributed by atoms with Gasteiger partial charge in [0.25, 0.3) is 5.91 Å². The van der Waals surface area contributed by atoms with Gasteiger partial charge in [0.05, 0.1) is 5.02 Å². The van der Waals surface area contributed by atoms with E-state index in [-0.39, 0.29) is 28.1 Å². The number of hydrazine groups is 1. The fourth-order valence-electron chi connectivity index (χ4n) is 2.68. The summed E-state index contributed by atoms with van der Waals surface area (Å²) < 4.78 is 37.6. The van der Waals surface area contributed by atoms with Gasteiger partial charge < -0.3 is 9.15 Å². The van der Waals surface area contributed by atoms with Crippen molar-refractivity contribution in [1.82, 2.24) is 10.9 Å². The number of amides is 2. The highest BCUT2D eigenvalue weighted by Crippen LogP contribution is 2.35. The topological polar surface area (TPSA) is 80.6 Å². The molecule has 0 aliphatic rings. The summed E-state index contributed by atoms with van der Waals surface area (Å²) in [6.07, 6.45) is 0. The first-order valence-corrected chi connectivity index (χ1v) is 10.1. The van der Waals surface area contributed by atoms with Crippen LogP contribution in [0.3, 0.4) is 0 Å². The van der Waals surface area contributed by atoms with E-state index >= 15 is 0 Å². The lowest BCUT2D eigenvalue weighted by atomic mass is 10.2. The fraction of sp³-hybridized carbons (Fsp3) is 0.0476. The maximum atomic E-state index is 13.4. The zero-order chi connectivity index (χ0) is 22.0. The molecule has 0 aliphatic heterocycles. The molecule has 4 aromatic rings. The van der Waals surface area contributed by atoms with Gasteiger partial charge in [0.1, 0.15) is 34.6 Å². The van der Waals surface area contributed by atoms with Gasteiger partial charge in [0.2, 0.25) is 0 Å². The SMILES string of the molecule is O=C(NNC(=O)c1sc2cc(F)ccc2c1Cl)c1ccc(COc2ccc(F)cc2)o1. The van der Waals surface area contributed by atoms with Crippen molar-refractivity contribution in [3.8, 4) is 5.75 Å². The minimum Gasteiger partial charge on any atom is -0.486 e. The predicted octanol–water partition coefficient (Wildman–Crippen LogP) is 5.08. The van der Waals surface area contributed by atoms with Crippen molar-refractivity contribution in [2.45, 2.75) is 6.61 Å². The fourth-order valence-corrected chi connectivity index (χ4v) is 4.12. The van der Waals surface area contributed by atoms with Crippen LogP contribution in [0.4, 0.5) is 8.78 Å². The van der Waals surface area contributed by atoms with Gasteiger partial charge >= 0.3 is 5.91 Å². The molecular formula is C21H13ClF2N2O4S.